The Morgan fingerprint density at radius 2 is 2.33 bits per heavy atom. The van der Waals surface area contributed by atoms with Gasteiger partial charge < -0.3 is 15.0 Å². The standard InChI is InChI=1S/C14H20N2O2/c1-16(2)13-5-3-4-12(8-13)14(17)15-9-11-6-7-18-10-11/h3-5,8,11H,6-7,9-10H2,1-2H3,(H,15,17)/t11-/m0/s1. The van der Waals surface area contributed by atoms with E-state index in [1.807, 2.05) is 43.3 Å². The van der Waals surface area contributed by atoms with Crippen LogP contribution in [0.25, 0.3) is 0 Å². The molecule has 1 aromatic rings. The molecule has 1 fully saturated rings. The van der Waals surface area contributed by atoms with E-state index >= 15 is 0 Å². The minimum atomic E-state index is -0.00870. The van der Waals surface area contributed by atoms with Crippen LogP contribution in [0.3, 0.4) is 0 Å². The number of carbonyl (C=O) groups is 1. The lowest BCUT2D eigenvalue weighted by molar-refractivity contribution is 0.0945. The number of ether oxygens (including phenoxy) is 1. The Morgan fingerprint density at radius 3 is 3.00 bits per heavy atom. The molecule has 18 heavy (non-hydrogen) atoms. The molecule has 1 atom stereocenters. The van der Waals surface area contributed by atoms with E-state index in [0.29, 0.717) is 18.0 Å². The summed E-state index contributed by atoms with van der Waals surface area (Å²) in [7, 11) is 3.93. The van der Waals surface area contributed by atoms with Gasteiger partial charge in [0.05, 0.1) is 6.61 Å². The van der Waals surface area contributed by atoms with E-state index in [4.69, 9.17) is 4.74 Å². The van der Waals surface area contributed by atoms with Crippen LogP contribution in [0.4, 0.5) is 5.69 Å². The van der Waals surface area contributed by atoms with Crippen LogP contribution in [0.2, 0.25) is 0 Å². The third kappa shape index (κ3) is 3.23. The fourth-order valence-corrected chi connectivity index (χ4v) is 2.01. The normalized spacial score (nSPS) is 18.7. The molecular weight excluding hydrogens is 228 g/mol. The highest BCUT2D eigenvalue weighted by Crippen LogP contribution is 2.14. The summed E-state index contributed by atoms with van der Waals surface area (Å²) in [5.74, 6) is 0.455. The third-order valence-electron chi connectivity index (χ3n) is 3.20. The topological polar surface area (TPSA) is 41.6 Å². The van der Waals surface area contributed by atoms with Crippen LogP contribution in [0.1, 0.15) is 16.8 Å². The van der Waals surface area contributed by atoms with Gasteiger partial charge in [-0.25, -0.2) is 0 Å². The Kier molecular flexibility index (Phi) is 4.20. The molecule has 1 aliphatic rings. The first-order valence-corrected chi connectivity index (χ1v) is 6.30. The molecule has 0 aliphatic carbocycles. The average molecular weight is 248 g/mol. The molecule has 4 heteroatoms. The highest BCUT2D eigenvalue weighted by molar-refractivity contribution is 5.95. The number of rotatable bonds is 4. The van der Waals surface area contributed by atoms with Gasteiger partial charge in [-0.05, 0) is 24.6 Å². The molecule has 2 rings (SSSR count). The molecule has 0 aromatic heterocycles. The molecule has 1 amide bonds. The van der Waals surface area contributed by atoms with E-state index < -0.39 is 0 Å². The minimum absolute atomic E-state index is 0.00870. The van der Waals surface area contributed by atoms with Crippen molar-refractivity contribution in [1.82, 2.24) is 5.32 Å². The van der Waals surface area contributed by atoms with Crippen molar-refractivity contribution in [3.05, 3.63) is 29.8 Å². The molecule has 0 spiro atoms. The van der Waals surface area contributed by atoms with E-state index in [-0.39, 0.29) is 5.91 Å². The van der Waals surface area contributed by atoms with Gasteiger partial charge in [-0.15, -0.1) is 0 Å². The molecule has 0 unspecified atom stereocenters. The van der Waals surface area contributed by atoms with Crippen LogP contribution in [-0.4, -0.2) is 39.8 Å². The molecule has 98 valence electrons. The van der Waals surface area contributed by atoms with Gasteiger partial charge in [-0.2, -0.15) is 0 Å². The van der Waals surface area contributed by atoms with Crippen LogP contribution in [-0.2, 0) is 4.74 Å². The summed E-state index contributed by atoms with van der Waals surface area (Å²) in [4.78, 5) is 14.0. The maximum absolute atomic E-state index is 12.0. The van der Waals surface area contributed by atoms with Crippen molar-refractivity contribution < 1.29 is 9.53 Å². The van der Waals surface area contributed by atoms with Crippen LogP contribution in [0.15, 0.2) is 24.3 Å². The SMILES string of the molecule is CN(C)c1cccc(C(=O)NC[C@@H]2CCOC2)c1. The summed E-state index contributed by atoms with van der Waals surface area (Å²) in [6.45, 7) is 2.28. The summed E-state index contributed by atoms with van der Waals surface area (Å²) < 4.78 is 5.29. The first kappa shape index (κ1) is 12.9. The van der Waals surface area contributed by atoms with E-state index in [2.05, 4.69) is 5.32 Å². The summed E-state index contributed by atoms with van der Waals surface area (Å²) in [5.41, 5.74) is 1.74. The van der Waals surface area contributed by atoms with E-state index in [0.717, 1.165) is 25.3 Å². The first-order chi connectivity index (χ1) is 8.66. The smallest absolute Gasteiger partial charge is 0.251 e. The third-order valence-corrected chi connectivity index (χ3v) is 3.20. The Labute approximate surface area is 108 Å². The molecule has 1 saturated heterocycles. The highest BCUT2D eigenvalue weighted by Gasteiger charge is 2.16. The van der Waals surface area contributed by atoms with Crippen molar-refractivity contribution in [3.8, 4) is 0 Å². The first-order valence-electron chi connectivity index (χ1n) is 6.30. The van der Waals surface area contributed by atoms with Crippen molar-refractivity contribution in [2.24, 2.45) is 5.92 Å². The van der Waals surface area contributed by atoms with Gasteiger partial charge in [0, 0.05) is 44.4 Å². The molecule has 1 heterocycles. The summed E-state index contributed by atoms with van der Waals surface area (Å²) >= 11 is 0. The Bertz CT molecular complexity index is 412. The molecule has 1 aliphatic heterocycles. The van der Waals surface area contributed by atoms with Gasteiger partial charge >= 0.3 is 0 Å². The van der Waals surface area contributed by atoms with Crippen LogP contribution in [0, 0.1) is 5.92 Å². The number of amides is 1. The van der Waals surface area contributed by atoms with E-state index in [9.17, 15) is 4.79 Å². The van der Waals surface area contributed by atoms with Gasteiger partial charge in [0.25, 0.3) is 5.91 Å². The Hall–Kier alpha value is -1.55. The molecule has 0 radical (unpaired) electrons. The number of hydrogen-bond donors (Lipinski definition) is 1. The maximum atomic E-state index is 12.0. The second-order valence-corrected chi connectivity index (χ2v) is 4.88. The molecule has 1 aromatic carbocycles. The Morgan fingerprint density at radius 1 is 1.50 bits per heavy atom. The van der Waals surface area contributed by atoms with Gasteiger partial charge in [0.2, 0.25) is 0 Å². The number of nitrogens with zero attached hydrogens (tertiary/aromatic N) is 1. The maximum Gasteiger partial charge on any atom is 0.251 e. The monoisotopic (exact) mass is 248 g/mol. The molecule has 0 saturated carbocycles. The quantitative estimate of drug-likeness (QED) is 0.878. The number of carbonyl (C=O) groups excluding carboxylic acids is 1. The van der Waals surface area contributed by atoms with Gasteiger partial charge in [-0.3, -0.25) is 4.79 Å². The number of anilines is 1. The van der Waals surface area contributed by atoms with E-state index in [1.54, 1.807) is 0 Å². The molecular formula is C14H20N2O2. The molecule has 0 bridgehead atoms. The predicted molar refractivity (Wildman–Crippen MR) is 72.0 cm³/mol. The second kappa shape index (κ2) is 5.87. The summed E-state index contributed by atoms with van der Waals surface area (Å²) in [6, 6.07) is 7.64. The van der Waals surface area contributed by atoms with Crippen molar-refractivity contribution >= 4 is 11.6 Å². The second-order valence-electron chi connectivity index (χ2n) is 4.88. The van der Waals surface area contributed by atoms with Gasteiger partial charge in [-0.1, -0.05) is 6.07 Å². The number of benzene rings is 1. The average Bonchev–Trinajstić information content (AvgIpc) is 2.89. The summed E-state index contributed by atoms with van der Waals surface area (Å²) in [6.07, 6.45) is 1.04. The lowest BCUT2D eigenvalue weighted by Crippen LogP contribution is -2.29. The van der Waals surface area contributed by atoms with Crippen LogP contribution in [0.5, 0.6) is 0 Å². The molecule has 4 nitrogen and oxygen atoms in total. The highest BCUT2D eigenvalue weighted by atomic mass is 16.5. The lowest BCUT2D eigenvalue weighted by atomic mass is 10.1. The fourth-order valence-electron chi connectivity index (χ4n) is 2.01. The zero-order valence-electron chi connectivity index (χ0n) is 11.0. The number of hydrogen-bond acceptors (Lipinski definition) is 3. The van der Waals surface area contributed by atoms with Crippen molar-refractivity contribution in [3.63, 3.8) is 0 Å². The predicted octanol–water partition coefficient (Wildman–Crippen LogP) is 1.52. The van der Waals surface area contributed by atoms with Crippen molar-refractivity contribution in [1.29, 1.82) is 0 Å². The van der Waals surface area contributed by atoms with Crippen molar-refractivity contribution in [2.45, 2.75) is 6.42 Å². The minimum Gasteiger partial charge on any atom is -0.381 e. The van der Waals surface area contributed by atoms with Gasteiger partial charge in [0.15, 0.2) is 0 Å². The lowest BCUT2D eigenvalue weighted by Gasteiger charge is -2.14. The van der Waals surface area contributed by atoms with Gasteiger partial charge in [0.1, 0.15) is 0 Å². The van der Waals surface area contributed by atoms with Crippen LogP contribution < -0.4 is 10.2 Å². The fraction of sp³-hybridized carbons (Fsp3) is 0.500. The number of nitrogens with one attached hydrogen (secondary N) is 1. The van der Waals surface area contributed by atoms with Crippen LogP contribution >= 0.6 is 0 Å². The largest absolute Gasteiger partial charge is 0.381 e. The van der Waals surface area contributed by atoms with E-state index in [1.165, 1.54) is 0 Å². The van der Waals surface area contributed by atoms with Crippen molar-refractivity contribution in [2.75, 3.05) is 38.8 Å². The zero-order chi connectivity index (χ0) is 13.0. The zero-order valence-corrected chi connectivity index (χ0v) is 11.0. The summed E-state index contributed by atoms with van der Waals surface area (Å²) in [5, 5.41) is 2.97. The molecule has 1 N–H and O–H groups in total. The Balaban J connectivity index is 1.93.